The number of aromatic nitrogens is 1. The zero-order chi connectivity index (χ0) is 25.1. The summed E-state index contributed by atoms with van der Waals surface area (Å²) in [6, 6.07) is 12.9. The van der Waals surface area contributed by atoms with Crippen LogP contribution in [0.2, 0.25) is 0 Å². The molecule has 1 amide bonds. The normalized spacial score (nSPS) is 15.1. The highest BCUT2D eigenvalue weighted by Crippen LogP contribution is 2.45. The molecule has 3 aromatic rings. The molecule has 2 aliphatic rings. The van der Waals surface area contributed by atoms with Crippen LogP contribution in [0.4, 0.5) is 4.39 Å². The predicted molar refractivity (Wildman–Crippen MR) is 127 cm³/mol. The number of carbonyl (C=O) groups excluding carboxylic acids is 2. The summed E-state index contributed by atoms with van der Waals surface area (Å²) in [5.41, 5.74) is 0.317. The quantitative estimate of drug-likeness (QED) is 0.457. The van der Waals surface area contributed by atoms with Crippen LogP contribution in [0.1, 0.15) is 47.7 Å². The number of rotatable bonds is 8. The number of ether oxygens (including phenoxy) is 4. The molecule has 0 bridgehead atoms. The maximum Gasteiger partial charge on any atom is 0.316 e. The second-order valence-corrected chi connectivity index (χ2v) is 8.62. The van der Waals surface area contributed by atoms with Gasteiger partial charge in [-0.1, -0.05) is 18.6 Å². The number of hydrogen-bond donors (Lipinski definition) is 1. The lowest BCUT2D eigenvalue weighted by molar-refractivity contribution is -0.153. The molecular weight excluding hydrogens is 467 g/mol. The van der Waals surface area contributed by atoms with E-state index in [1.807, 2.05) is 0 Å². The van der Waals surface area contributed by atoms with Crippen molar-refractivity contribution in [3.63, 3.8) is 0 Å². The van der Waals surface area contributed by atoms with Crippen LogP contribution < -0.4 is 19.5 Å². The molecule has 1 aliphatic carbocycles. The van der Waals surface area contributed by atoms with Crippen LogP contribution >= 0.6 is 0 Å². The number of carbonyl (C=O) groups is 2. The van der Waals surface area contributed by atoms with E-state index in [2.05, 4.69) is 10.3 Å². The summed E-state index contributed by atoms with van der Waals surface area (Å²) in [4.78, 5) is 29.6. The van der Waals surface area contributed by atoms with Crippen molar-refractivity contribution in [1.82, 2.24) is 10.3 Å². The van der Waals surface area contributed by atoms with Crippen molar-refractivity contribution >= 4 is 11.9 Å². The van der Waals surface area contributed by atoms with Gasteiger partial charge in [0.05, 0.1) is 12.0 Å². The fourth-order valence-corrected chi connectivity index (χ4v) is 4.37. The van der Waals surface area contributed by atoms with Gasteiger partial charge in [-0.2, -0.15) is 0 Å². The molecule has 0 spiro atoms. The Morgan fingerprint density at radius 1 is 1.11 bits per heavy atom. The largest absolute Gasteiger partial charge is 0.465 e. The summed E-state index contributed by atoms with van der Waals surface area (Å²) in [6.07, 6.45) is 3.67. The lowest BCUT2D eigenvalue weighted by atomic mass is 9.64. The smallest absolute Gasteiger partial charge is 0.316 e. The molecule has 0 atom stereocenters. The third-order valence-corrected chi connectivity index (χ3v) is 6.49. The molecule has 0 unspecified atom stereocenters. The lowest BCUT2D eigenvalue weighted by Crippen LogP contribution is -2.43. The first-order valence-electron chi connectivity index (χ1n) is 11.8. The van der Waals surface area contributed by atoms with E-state index in [0.29, 0.717) is 41.2 Å². The van der Waals surface area contributed by atoms with Gasteiger partial charge >= 0.3 is 5.97 Å². The Bertz CT molecular complexity index is 1310. The van der Waals surface area contributed by atoms with Crippen molar-refractivity contribution in [3.8, 4) is 23.1 Å². The van der Waals surface area contributed by atoms with Gasteiger partial charge in [-0.25, -0.2) is 9.37 Å². The summed E-state index contributed by atoms with van der Waals surface area (Å²) in [6.45, 7) is 2.12. The third kappa shape index (κ3) is 4.44. The van der Waals surface area contributed by atoms with Gasteiger partial charge in [0.15, 0.2) is 11.5 Å². The Kier molecular flexibility index (Phi) is 6.45. The van der Waals surface area contributed by atoms with Crippen LogP contribution in [-0.4, -0.2) is 30.3 Å². The fourth-order valence-electron chi connectivity index (χ4n) is 4.37. The minimum absolute atomic E-state index is 0.0459. The van der Waals surface area contributed by atoms with Crippen LogP contribution in [0.15, 0.2) is 54.7 Å². The van der Waals surface area contributed by atoms with Crippen molar-refractivity contribution in [2.75, 3.05) is 13.4 Å². The van der Waals surface area contributed by atoms with Crippen molar-refractivity contribution in [2.45, 2.75) is 38.1 Å². The highest BCUT2D eigenvalue weighted by Gasteiger charge is 2.47. The van der Waals surface area contributed by atoms with Crippen molar-refractivity contribution in [3.05, 3.63) is 77.2 Å². The second kappa shape index (κ2) is 9.85. The van der Waals surface area contributed by atoms with Gasteiger partial charge < -0.3 is 24.3 Å². The number of fused-ring (bicyclic) bond motifs is 1. The number of hydrogen-bond acceptors (Lipinski definition) is 7. The van der Waals surface area contributed by atoms with Crippen molar-refractivity contribution < 1.29 is 32.9 Å². The molecule has 5 rings (SSSR count). The van der Waals surface area contributed by atoms with Crippen molar-refractivity contribution in [2.24, 2.45) is 0 Å². The Labute approximate surface area is 207 Å². The molecule has 1 aromatic heterocycles. The number of amides is 1. The standard InChI is InChI=1S/C27H25FN2O6/c1-2-33-26(32)27(10-4-11-27)18-7-6-17(21(28)13-18)15-30-24(31)20-5-3-12-29-25(20)36-19-8-9-22-23(14-19)35-16-34-22/h3,5-9,12-14H,2,4,10-11,15-16H2,1H3,(H,30,31). The van der Waals surface area contributed by atoms with E-state index < -0.39 is 17.1 Å². The Balaban J connectivity index is 1.28. The summed E-state index contributed by atoms with van der Waals surface area (Å²) < 4.78 is 36.7. The molecule has 1 aliphatic heterocycles. The number of pyridine rings is 1. The number of esters is 1. The van der Waals surface area contributed by atoms with Gasteiger partial charge in [0.25, 0.3) is 5.91 Å². The van der Waals surface area contributed by atoms with E-state index in [4.69, 9.17) is 18.9 Å². The number of nitrogens with one attached hydrogen (secondary N) is 1. The van der Waals surface area contributed by atoms with Gasteiger partial charge in [-0.05, 0) is 55.7 Å². The number of benzene rings is 2. The second-order valence-electron chi connectivity index (χ2n) is 8.62. The van der Waals surface area contributed by atoms with Crippen LogP contribution in [0, 0.1) is 5.82 Å². The Morgan fingerprint density at radius 2 is 1.94 bits per heavy atom. The predicted octanol–water partition coefficient (Wildman–Crippen LogP) is 4.66. The molecule has 1 fully saturated rings. The van der Waals surface area contributed by atoms with Crippen LogP contribution in [-0.2, 0) is 21.5 Å². The maximum atomic E-state index is 15.0. The first-order chi connectivity index (χ1) is 17.5. The summed E-state index contributed by atoms with van der Waals surface area (Å²) in [5, 5.41) is 2.72. The molecule has 8 nitrogen and oxygen atoms in total. The Hall–Kier alpha value is -4.14. The van der Waals surface area contributed by atoms with Gasteiger partial charge in [0.2, 0.25) is 12.7 Å². The molecule has 36 heavy (non-hydrogen) atoms. The minimum Gasteiger partial charge on any atom is -0.465 e. The molecule has 1 saturated carbocycles. The molecule has 1 N–H and O–H groups in total. The Morgan fingerprint density at radius 3 is 2.69 bits per heavy atom. The van der Waals surface area contributed by atoms with Gasteiger partial charge in [-0.15, -0.1) is 0 Å². The molecule has 0 radical (unpaired) electrons. The van der Waals surface area contributed by atoms with E-state index in [1.54, 1.807) is 49.4 Å². The van der Waals surface area contributed by atoms with Crippen LogP contribution in [0.5, 0.6) is 23.1 Å². The highest BCUT2D eigenvalue weighted by molar-refractivity contribution is 5.96. The van der Waals surface area contributed by atoms with Crippen LogP contribution in [0.25, 0.3) is 0 Å². The van der Waals surface area contributed by atoms with E-state index in [-0.39, 0.29) is 37.4 Å². The van der Waals surface area contributed by atoms with Gasteiger partial charge in [0.1, 0.15) is 17.1 Å². The first-order valence-corrected chi connectivity index (χ1v) is 11.8. The average Bonchev–Trinajstić information content (AvgIpc) is 3.31. The lowest BCUT2D eigenvalue weighted by Gasteiger charge is -2.39. The molecule has 2 aromatic carbocycles. The summed E-state index contributed by atoms with van der Waals surface area (Å²) in [5.74, 6) is 0.407. The number of halogens is 1. The van der Waals surface area contributed by atoms with Crippen molar-refractivity contribution in [1.29, 1.82) is 0 Å². The first kappa shape index (κ1) is 23.6. The fraction of sp³-hybridized carbons (Fsp3) is 0.296. The van der Waals surface area contributed by atoms with E-state index in [9.17, 15) is 14.0 Å². The van der Waals surface area contributed by atoms with E-state index >= 15 is 0 Å². The molecule has 9 heteroatoms. The average molecular weight is 493 g/mol. The topological polar surface area (TPSA) is 96.0 Å². The van der Waals surface area contributed by atoms with Gasteiger partial charge in [0, 0.05) is 24.4 Å². The van der Waals surface area contributed by atoms with E-state index in [0.717, 1.165) is 6.42 Å². The third-order valence-electron chi connectivity index (χ3n) is 6.49. The molecule has 186 valence electrons. The zero-order valence-corrected chi connectivity index (χ0v) is 19.7. The van der Waals surface area contributed by atoms with Crippen LogP contribution in [0.3, 0.4) is 0 Å². The van der Waals surface area contributed by atoms with E-state index in [1.165, 1.54) is 12.3 Å². The number of nitrogens with zero attached hydrogens (tertiary/aromatic N) is 1. The maximum absolute atomic E-state index is 15.0. The monoisotopic (exact) mass is 492 g/mol. The zero-order valence-electron chi connectivity index (χ0n) is 19.7. The highest BCUT2D eigenvalue weighted by atomic mass is 19.1. The molecule has 0 saturated heterocycles. The van der Waals surface area contributed by atoms with Gasteiger partial charge in [-0.3, -0.25) is 9.59 Å². The summed E-state index contributed by atoms with van der Waals surface area (Å²) in [7, 11) is 0. The minimum atomic E-state index is -0.782. The molecular formula is C27H25FN2O6. The summed E-state index contributed by atoms with van der Waals surface area (Å²) >= 11 is 0. The molecule has 2 heterocycles. The SMILES string of the molecule is CCOC(=O)C1(c2ccc(CNC(=O)c3cccnc3Oc3ccc4c(c3)OCO4)c(F)c2)CCC1.